The molecule has 7 nitrogen and oxygen atoms in total. The third-order valence-electron chi connectivity index (χ3n) is 6.02. The quantitative estimate of drug-likeness (QED) is 0.542. The number of rotatable bonds is 4. The molecule has 0 saturated carbocycles. The van der Waals surface area contributed by atoms with Gasteiger partial charge in [-0.15, -0.1) is 0 Å². The second-order valence-corrected chi connectivity index (χ2v) is 10.3. The number of allylic oxidation sites excluding steroid dienone is 2. The zero-order valence-corrected chi connectivity index (χ0v) is 20.2. The van der Waals surface area contributed by atoms with Crippen LogP contribution in [0.4, 0.5) is 5.69 Å². The largest absolute Gasteiger partial charge is 0.497 e. The van der Waals surface area contributed by atoms with Gasteiger partial charge in [-0.05, 0) is 47.5 Å². The van der Waals surface area contributed by atoms with Crippen molar-refractivity contribution in [3.05, 3.63) is 111 Å². The van der Waals surface area contributed by atoms with Gasteiger partial charge in [-0.2, -0.15) is 5.26 Å². The molecule has 2 aliphatic rings. The van der Waals surface area contributed by atoms with E-state index in [4.69, 9.17) is 26.8 Å². The number of benzene rings is 3. The van der Waals surface area contributed by atoms with E-state index in [1.165, 1.54) is 4.31 Å². The van der Waals surface area contributed by atoms with Gasteiger partial charge in [0.25, 0.3) is 10.0 Å². The van der Waals surface area contributed by atoms with Crippen LogP contribution in [-0.2, 0) is 21.3 Å². The molecule has 3 aromatic rings. The monoisotopic (exact) mass is 505 g/mol. The molecule has 0 aromatic heterocycles. The number of halogens is 1. The van der Waals surface area contributed by atoms with Crippen molar-refractivity contribution < 1.29 is 17.9 Å². The minimum atomic E-state index is -4.16. The van der Waals surface area contributed by atoms with Gasteiger partial charge in [0.05, 0.1) is 25.3 Å². The SMILES string of the molecule is COc1cccc(CN2c3ccccc3C3=C([C@@H](c4ccc(Cl)cc4)C(C#N)=C(N)O3)S2(=O)=O)c1. The summed E-state index contributed by atoms with van der Waals surface area (Å²) in [4.78, 5) is -0.0350. The lowest BCUT2D eigenvalue weighted by Gasteiger charge is -2.38. The number of fused-ring (bicyclic) bond motifs is 2. The fourth-order valence-electron chi connectivity index (χ4n) is 4.40. The maximum atomic E-state index is 14.2. The predicted molar refractivity (Wildman–Crippen MR) is 134 cm³/mol. The second-order valence-electron chi connectivity index (χ2n) is 8.05. The van der Waals surface area contributed by atoms with Crippen LogP contribution in [0.15, 0.2) is 89.2 Å². The first kappa shape index (κ1) is 22.8. The van der Waals surface area contributed by atoms with Gasteiger partial charge in [0.15, 0.2) is 5.76 Å². The number of hydrogen-bond donors (Lipinski definition) is 1. The molecule has 0 bridgehead atoms. The van der Waals surface area contributed by atoms with Crippen molar-refractivity contribution >= 4 is 33.1 Å². The van der Waals surface area contributed by atoms with Crippen LogP contribution in [0.5, 0.6) is 5.75 Å². The Morgan fingerprint density at radius 1 is 1.11 bits per heavy atom. The fourth-order valence-corrected chi connectivity index (χ4v) is 6.44. The minimum Gasteiger partial charge on any atom is -0.497 e. The van der Waals surface area contributed by atoms with Crippen LogP contribution >= 0.6 is 11.6 Å². The number of ether oxygens (including phenoxy) is 2. The highest BCUT2D eigenvalue weighted by molar-refractivity contribution is 7.96. The number of methoxy groups -OCH3 is 1. The van der Waals surface area contributed by atoms with Crippen LogP contribution in [-0.4, -0.2) is 15.5 Å². The molecule has 2 N–H and O–H groups in total. The summed E-state index contributed by atoms with van der Waals surface area (Å²) in [6.07, 6.45) is 0. The van der Waals surface area contributed by atoms with Gasteiger partial charge in [0.1, 0.15) is 22.3 Å². The standard InChI is InChI=1S/C26H20ClN3O4S/c1-33-19-6-4-5-16(13-19)15-30-22-8-3-2-7-20(22)24-25(35(30,31)32)23(21(14-28)26(29)34-24)17-9-11-18(27)12-10-17/h2-13,23H,15,29H2,1H3/t23-/m0/s1. The molecule has 0 spiro atoms. The van der Waals surface area contributed by atoms with Crippen LogP contribution in [0.25, 0.3) is 5.76 Å². The summed E-state index contributed by atoms with van der Waals surface area (Å²) in [6, 6.07) is 23.0. The van der Waals surface area contributed by atoms with Crippen molar-refractivity contribution in [2.75, 3.05) is 11.4 Å². The van der Waals surface area contributed by atoms with Crippen molar-refractivity contribution in [1.29, 1.82) is 5.26 Å². The lowest BCUT2D eigenvalue weighted by atomic mass is 9.88. The predicted octanol–water partition coefficient (Wildman–Crippen LogP) is 4.88. The van der Waals surface area contributed by atoms with Gasteiger partial charge in [0, 0.05) is 10.6 Å². The topological polar surface area (TPSA) is 106 Å². The molecule has 0 saturated heterocycles. The Hall–Kier alpha value is -3.93. The van der Waals surface area contributed by atoms with Crippen LogP contribution in [0.1, 0.15) is 22.6 Å². The first-order chi connectivity index (χ1) is 16.8. The molecule has 9 heteroatoms. The van der Waals surface area contributed by atoms with E-state index in [-0.39, 0.29) is 28.7 Å². The molecule has 0 fully saturated rings. The number of nitrogens with zero attached hydrogens (tertiary/aromatic N) is 2. The van der Waals surface area contributed by atoms with E-state index in [1.807, 2.05) is 6.07 Å². The first-order valence-corrected chi connectivity index (χ1v) is 12.5. The zero-order chi connectivity index (χ0) is 24.7. The third kappa shape index (κ3) is 3.79. The Kier molecular flexibility index (Phi) is 5.67. The third-order valence-corrected chi connectivity index (χ3v) is 8.16. The van der Waals surface area contributed by atoms with E-state index in [9.17, 15) is 13.7 Å². The molecule has 3 aromatic carbocycles. The fraction of sp³-hybridized carbons (Fsp3) is 0.115. The summed E-state index contributed by atoms with van der Waals surface area (Å²) in [5.74, 6) is -0.337. The molecule has 2 aliphatic heterocycles. The summed E-state index contributed by atoms with van der Waals surface area (Å²) in [7, 11) is -2.60. The average molecular weight is 506 g/mol. The highest BCUT2D eigenvalue weighted by atomic mass is 35.5. The van der Waals surface area contributed by atoms with Crippen molar-refractivity contribution in [3.8, 4) is 11.8 Å². The summed E-state index contributed by atoms with van der Waals surface area (Å²) >= 11 is 6.07. The number of para-hydroxylation sites is 1. The van der Waals surface area contributed by atoms with Crippen LogP contribution in [0, 0.1) is 11.3 Å². The van der Waals surface area contributed by atoms with Gasteiger partial charge in [-0.1, -0.05) is 48.0 Å². The number of nitriles is 1. The van der Waals surface area contributed by atoms with E-state index in [0.717, 1.165) is 5.56 Å². The molecule has 0 radical (unpaired) electrons. The molecule has 0 amide bonds. The summed E-state index contributed by atoms with van der Waals surface area (Å²) in [6.45, 7) is 0.0573. The number of nitrogens with two attached hydrogens (primary N) is 1. The maximum absolute atomic E-state index is 14.2. The molecular formula is C26H20ClN3O4S. The normalized spacial score (nSPS) is 18.3. The number of anilines is 1. The summed E-state index contributed by atoms with van der Waals surface area (Å²) in [5, 5.41) is 10.4. The Bertz CT molecular complexity index is 1540. The Morgan fingerprint density at radius 3 is 2.57 bits per heavy atom. The molecule has 35 heavy (non-hydrogen) atoms. The van der Waals surface area contributed by atoms with Crippen molar-refractivity contribution in [1.82, 2.24) is 0 Å². The van der Waals surface area contributed by atoms with Gasteiger partial charge in [-0.3, -0.25) is 4.31 Å². The molecule has 176 valence electrons. The van der Waals surface area contributed by atoms with Crippen molar-refractivity contribution in [2.24, 2.45) is 5.73 Å². The van der Waals surface area contributed by atoms with Gasteiger partial charge in [-0.25, -0.2) is 8.42 Å². The highest BCUT2D eigenvalue weighted by Crippen LogP contribution is 2.51. The highest BCUT2D eigenvalue weighted by Gasteiger charge is 2.47. The zero-order valence-electron chi connectivity index (χ0n) is 18.6. The van der Waals surface area contributed by atoms with Crippen molar-refractivity contribution in [2.45, 2.75) is 12.5 Å². The van der Waals surface area contributed by atoms with E-state index in [1.54, 1.807) is 73.8 Å². The Labute approximate surface area is 208 Å². The van der Waals surface area contributed by atoms with Crippen LogP contribution < -0.4 is 14.8 Å². The molecule has 0 unspecified atom stereocenters. The summed E-state index contributed by atoms with van der Waals surface area (Å²) in [5.41, 5.74) is 8.49. The van der Waals surface area contributed by atoms with Gasteiger partial charge < -0.3 is 15.2 Å². The van der Waals surface area contributed by atoms with E-state index >= 15 is 0 Å². The van der Waals surface area contributed by atoms with E-state index < -0.39 is 15.9 Å². The molecule has 2 heterocycles. The van der Waals surface area contributed by atoms with Gasteiger partial charge in [0.2, 0.25) is 5.88 Å². The average Bonchev–Trinajstić information content (AvgIpc) is 2.86. The molecule has 0 aliphatic carbocycles. The summed E-state index contributed by atoms with van der Waals surface area (Å²) < 4.78 is 41.0. The number of hydrogen-bond acceptors (Lipinski definition) is 6. The first-order valence-electron chi connectivity index (χ1n) is 10.7. The smallest absolute Gasteiger partial charge is 0.265 e. The minimum absolute atomic E-state index is 0.0235. The molecule has 1 atom stereocenters. The second kappa shape index (κ2) is 8.69. The number of sulfonamides is 1. The lowest BCUT2D eigenvalue weighted by Crippen LogP contribution is -2.39. The Morgan fingerprint density at radius 2 is 1.86 bits per heavy atom. The van der Waals surface area contributed by atoms with E-state index in [2.05, 4.69) is 6.07 Å². The van der Waals surface area contributed by atoms with Crippen LogP contribution in [0.2, 0.25) is 5.02 Å². The van der Waals surface area contributed by atoms with E-state index in [0.29, 0.717) is 27.6 Å². The maximum Gasteiger partial charge on any atom is 0.265 e. The lowest BCUT2D eigenvalue weighted by molar-refractivity contribution is 0.357. The molecule has 5 rings (SSSR count). The van der Waals surface area contributed by atoms with Gasteiger partial charge >= 0.3 is 0 Å². The Balaban J connectivity index is 1.74. The molecular weight excluding hydrogens is 486 g/mol. The van der Waals surface area contributed by atoms with Crippen molar-refractivity contribution in [3.63, 3.8) is 0 Å². The van der Waals surface area contributed by atoms with Crippen LogP contribution in [0.3, 0.4) is 0 Å².